The number of aliphatic imine (C=N–C) groups is 1. The van der Waals surface area contributed by atoms with Gasteiger partial charge in [-0.1, -0.05) is 19.8 Å². The van der Waals surface area contributed by atoms with E-state index >= 15 is 0 Å². The van der Waals surface area contributed by atoms with Crippen molar-refractivity contribution >= 4 is 5.90 Å². The fourth-order valence-electron chi connectivity index (χ4n) is 3.87. The standard InChI is InChI=1S/C22H22N6O2/c1-5-14-6-7-17-15(8-14)21-26-25-19(11-29-4)27(21)9-18-20(23-12-28(17)18)22-24-16(10-30-22)13(2)3/h1,6-8,12-13,16H,9-11H2,2-4H3/t16-/m0/s1. The van der Waals surface area contributed by atoms with E-state index in [2.05, 4.69) is 39.5 Å². The zero-order valence-electron chi connectivity index (χ0n) is 17.2. The molecule has 0 saturated heterocycles. The Labute approximate surface area is 174 Å². The minimum atomic E-state index is 0.142. The Morgan fingerprint density at radius 2 is 2.20 bits per heavy atom. The summed E-state index contributed by atoms with van der Waals surface area (Å²) in [5.74, 6) is 5.19. The van der Waals surface area contributed by atoms with Crippen molar-refractivity contribution < 1.29 is 9.47 Å². The molecule has 1 atom stereocenters. The molecule has 0 fully saturated rings. The van der Waals surface area contributed by atoms with Gasteiger partial charge in [-0.25, -0.2) is 9.98 Å². The number of nitrogens with zero attached hydrogens (tertiary/aromatic N) is 6. The number of hydrogen-bond acceptors (Lipinski definition) is 6. The normalized spacial score (nSPS) is 16.9. The summed E-state index contributed by atoms with van der Waals surface area (Å²) in [6.07, 6.45) is 7.46. The van der Waals surface area contributed by atoms with Crippen LogP contribution in [0.5, 0.6) is 0 Å². The van der Waals surface area contributed by atoms with Crippen LogP contribution in [0.1, 0.15) is 36.6 Å². The lowest BCUT2D eigenvalue weighted by Crippen LogP contribution is -2.13. The molecule has 0 aliphatic carbocycles. The van der Waals surface area contributed by atoms with Gasteiger partial charge in [0.25, 0.3) is 0 Å². The number of hydrogen-bond donors (Lipinski definition) is 0. The fourth-order valence-corrected chi connectivity index (χ4v) is 3.87. The smallest absolute Gasteiger partial charge is 0.237 e. The SMILES string of the molecule is C#Cc1ccc2c(c1)-c1nnc(COC)n1Cc1c(C3=N[C@H](C(C)C)CO3)ncn1-2. The van der Waals surface area contributed by atoms with Crippen LogP contribution >= 0.6 is 0 Å². The molecule has 8 nitrogen and oxygen atoms in total. The van der Waals surface area contributed by atoms with Crippen LogP contribution < -0.4 is 0 Å². The molecule has 2 aliphatic rings. The predicted molar refractivity (Wildman–Crippen MR) is 111 cm³/mol. The highest BCUT2D eigenvalue weighted by atomic mass is 16.5. The number of ether oxygens (including phenoxy) is 2. The van der Waals surface area contributed by atoms with Crippen LogP contribution in [-0.2, 0) is 22.6 Å². The largest absolute Gasteiger partial charge is 0.474 e. The molecule has 0 bridgehead atoms. The first-order chi connectivity index (χ1) is 14.6. The molecule has 0 amide bonds. The van der Waals surface area contributed by atoms with Crippen LogP contribution in [-0.4, -0.2) is 50.0 Å². The third-order valence-electron chi connectivity index (χ3n) is 5.58. The van der Waals surface area contributed by atoms with Gasteiger partial charge < -0.3 is 14.0 Å². The second-order valence-electron chi connectivity index (χ2n) is 7.80. The van der Waals surface area contributed by atoms with Gasteiger partial charge in [0.2, 0.25) is 5.90 Å². The molecule has 0 N–H and O–H groups in total. The first-order valence-electron chi connectivity index (χ1n) is 9.90. The summed E-state index contributed by atoms with van der Waals surface area (Å²) in [6, 6.07) is 6.01. The molecule has 0 saturated carbocycles. The lowest BCUT2D eigenvalue weighted by Gasteiger charge is -2.09. The zero-order chi connectivity index (χ0) is 20.8. The summed E-state index contributed by atoms with van der Waals surface area (Å²) in [6.45, 7) is 5.74. The Morgan fingerprint density at radius 3 is 2.93 bits per heavy atom. The monoisotopic (exact) mass is 402 g/mol. The van der Waals surface area contributed by atoms with E-state index in [1.807, 2.05) is 29.1 Å². The van der Waals surface area contributed by atoms with Crippen molar-refractivity contribution in [2.45, 2.75) is 33.0 Å². The number of imidazole rings is 1. The topological polar surface area (TPSA) is 79.3 Å². The van der Waals surface area contributed by atoms with Gasteiger partial charge in [-0.05, 0) is 24.1 Å². The van der Waals surface area contributed by atoms with Gasteiger partial charge in [0.15, 0.2) is 11.6 Å². The molecule has 5 rings (SSSR count). The van der Waals surface area contributed by atoms with Gasteiger partial charge in [0, 0.05) is 18.2 Å². The maximum absolute atomic E-state index is 5.93. The van der Waals surface area contributed by atoms with Gasteiger partial charge in [-0.2, -0.15) is 0 Å². The minimum Gasteiger partial charge on any atom is -0.474 e. The predicted octanol–water partition coefficient (Wildman–Crippen LogP) is 2.42. The van der Waals surface area contributed by atoms with E-state index < -0.39 is 0 Å². The van der Waals surface area contributed by atoms with E-state index in [9.17, 15) is 0 Å². The second-order valence-corrected chi connectivity index (χ2v) is 7.80. The maximum Gasteiger partial charge on any atom is 0.237 e. The Kier molecular flexibility index (Phi) is 4.40. The van der Waals surface area contributed by atoms with Crippen LogP contribution in [0.2, 0.25) is 0 Å². The Balaban J connectivity index is 1.71. The molecular weight excluding hydrogens is 380 g/mol. The minimum absolute atomic E-state index is 0.142. The van der Waals surface area contributed by atoms with E-state index in [4.69, 9.17) is 20.9 Å². The van der Waals surface area contributed by atoms with E-state index in [-0.39, 0.29) is 6.04 Å². The van der Waals surface area contributed by atoms with Crippen LogP contribution in [0.4, 0.5) is 0 Å². The van der Waals surface area contributed by atoms with Gasteiger partial charge in [0.05, 0.1) is 24.0 Å². The van der Waals surface area contributed by atoms with Crippen molar-refractivity contribution in [3.05, 3.63) is 47.3 Å². The van der Waals surface area contributed by atoms with Crippen molar-refractivity contribution in [1.82, 2.24) is 24.3 Å². The zero-order valence-corrected chi connectivity index (χ0v) is 17.2. The molecule has 152 valence electrons. The van der Waals surface area contributed by atoms with E-state index in [0.29, 0.717) is 31.6 Å². The highest BCUT2D eigenvalue weighted by molar-refractivity contribution is 5.95. The maximum atomic E-state index is 5.93. The Bertz CT molecular complexity index is 1200. The van der Waals surface area contributed by atoms with Gasteiger partial charge in [-0.15, -0.1) is 16.6 Å². The van der Waals surface area contributed by atoms with Crippen molar-refractivity contribution in [2.24, 2.45) is 10.9 Å². The molecular formula is C22H22N6O2. The van der Waals surface area contributed by atoms with Crippen LogP contribution in [0, 0.1) is 18.3 Å². The second kappa shape index (κ2) is 7.11. The summed E-state index contributed by atoms with van der Waals surface area (Å²) < 4.78 is 15.4. The summed E-state index contributed by atoms with van der Waals surface area (Å²) in [7, 11) is 1.64. The number of aromatic nitrogens is 5. The molecule has 8 heteroatoms. The molecule has 0 spiro atoms. The summed E-state index contributed by atoms with van der Waals surface area (Å²) >= 11 is 0. The molecule has 2 aromatic heterocycles. The number of rotatable bonds is 4. The number of methoxy groups -OCH3 is 1. The third-order valence-corrected chi connectivity index (χ3v) is 5.58. The van der Waals surface area contributed by atoms with Gasteiger partial charge >= 0.3 is 0 Å². The average Bonchev–Trinajstić information content (AvgIpc) is 3.46. The van der Waals surface area contributed by atoms with Crippen molar-refractivity contribution in [3.8, 4) is 29.4 Å². The molecule has 1 aromatic carbocycles. The summed E-state index contributed by atoms with van der Waals surface area (Å²) in [5.41, 5.74) is 4.33. The first kappa shape index (κ1) is 18.6. The number of fused-ring (bicyclic) bond motifs is 5. The molecule has 30 heavy (non-hydrogen) atoms. The summed E-state index contributed by atoms with van der Waals surface area (Å²) in [5, 5.41) is 8.79. The lowest BCUT2D eigenvalue weighted by atomic mass is 10.1. The highest BCUT2D eigenvalue weighted by Crippen LogP contribution is 2.34. The Morgan fingerprint density at radius 1 is 1.33 bits per heavy atom. The lowest BCUT2D eigenvalue weighted by molar-refractivity contribution is 0.174. The van der Waals surface area contributed by atoms with Crippen molar-refractivity contribution in [2.75, 3.05) is 13.7 Å². The highest BCUT2D eigenvalue weighted by Gasteiger charge is 2.31. The van der Waals surface area contributed by atoms with Crippen LogP contribution in [0.3, 0.4) is 0 Å². The third kappa shape index (κ3) is 2.82. The fraction of sp³-hybridized carbons (Fsp3) is 0.364. The first-order valence-corrected chi connectivity index (χ1v) is 9.90. The molecule has 0 radical (unpaired) electrons. The quantitative estimate of drug-likeness (QED) is 0.490. The Hall–Kier alpha value is -3.44. The summed E-state index contributed by atoms with van der Waals surface area (Å²) in [4.78, 5) is 9.45. The van der Waals surface area contributed by atoms with E-state index in [1.54, 1.807) is 7.11 Å². The molecule has 2 aliphatic heterocycles. The van der Waals surface area contributed by atoms with Gasteiger partial charge in [0.1, 0.15) is 25.2 Å². The van der Waals surface area contributed by atoms with Crippen LogP contribution in [0.15, 0.2) is 29.5 Å². The average molecular weight is 402 g/mol. The molecule has 3 aromatic rings. The number of terminal acetylenes is 1. The van der Waals surface area contributed by atoms with Crippen molar-refractivity contribution in [3.63, 3.8) is 0 Å². The molecule has 0 unspecified atom stereocenters. The molecule has 4 heterocycles. The van der Waals surface area contributed by atoms with Crippen molar-refractivity contribution in [1.29, 1.82) is 0 Å². The number of benzene rings is 1. The van der Waals surface area contributed by atoms with E-state index in [1.165, 1.54) is 0 Å². The van der Waals surface area contributed by atoms with Crippen LogP contribution in [0.25, 0.3) is 17.1 Å². The van der Waals surface area contributed by atoms with Gasteiger partial charge in [-0.3, -0.25) is 4.57 Å². The van der Waals surface area contributed by atoms with E-state index in [0.717, 1.165) is 39.9 Å².